The lowest BCUT2D eigenvalue weighted by Crippen LogP contribution is -2.35. The fraction of sp³-hybridized carbons (Fsp3) is 0.467. The van der Waals surface area contributed by atoms with E-state index in [2.05, 4.69) is 5.32 Å². The number of hydrogen-bond acceptors (Lipinski definition) is 3. The molecule has 5 heteroatoms. The predicted molar refractivity (Wildman–Crippen MR) is 82.0 cm³/mol. The number of carboxylic acids is 1. The number of nitrogens with one attached hydrogen (secondary N) is 1. The molecule has 1 amide bonds. The van der Waals surface area contributed by atoms with Gasteiger partial charge in [0.05, 0.1) is 10.8 Å². The zero-order chi connectivity index (χ0) is 15.1. The van der Waals surface area contributed by atoms with E-state index in [1.165, 1.54) is 0 Å². The molecule has 20 heavy (non-hydrogen) atoms. The molecule has 0 saturated heterocycles. The molecule has 1 rings (SSSR count). The Morgan fingerprint density at radius 1 is 1.25 bits per heavy atom. The van der Waals surface area contributed by atoms with Gasteiger partial charge in [0.15, 0.2) is 0 Å². The van der Waals surface area contributed by atoms with Crippen molar-refractivity contribution in [3.63, 3.8) is 0 Å². The largest absolute Gasteiger partial charge is 0.478 e. The highest BCUT2D eigenvalue weighted by Crippen LogP contribution is 2.19. The van der Waals surface area contributed by atoms with Crippen LogP contribution in [0.25, 0.3) is 0 Å². The molecule has 4 nitrogen and oxygen atoms in total. The number of benzene rings is 1. The first-order chi connectivity index (χ1) is 9.45. The van der Waals surface area contributed by atoms with Gasteiger partial charge in [0.25, 0.3) is 0 Å². The Morgan fingerprint density at radius 2 is 1.85 bits per heavy atom. The van der Waals surface area contributed by atoms with Gasteiger partial charge in [-0.05, 0) is 29.4 Å². The van der Waals surface area contributed by atoms with Crippen molar-refractivity contribution in [2.24, 2.45) is 5.92 Å². The van der Waals surface area contributed by atoms with Gasteiger partial charge in [0.1, 0.15) is 0 Å². The highest BCUT2D eigenvalue weighted by atomic mass is 32.2. The second-order valence-corrected chi connectivity index (χ2v) is 6.26. The lowest BCUT2D eigenvalue weighted by molar-refractivity contribution is -0.121. The highest BCUT2D eigenvalue weighted by Gasteiger charge is 2.21. The van der Waals surface area contributed by atoms with Crippen LogP contribution in [0.15, 0.2) is 24.3 Å². The van der Waals surface area contributed by atoms with Crippen LogP contribution in [0.3, 0.4) is 0 Å². The summed E-state index contributed by atoms with van der Waals surface area (Å²) in [6, 6.07) is 6.54. The van der Waals surface area contributed by atoms with E-state index < -0.39 is 5.97 Å². The Bertz CT molecular complexity index is 457. The Kier molecular flexibility index (Phi) is 6.58. The van der Waals surface area contributed by atoms with Crippen molar-refractivity contribution < 1.29 is 14.7 Å². The van der Waals surface area contributed by atoms with E-state index in [9.17, 15) is 9.59 Å². The van der Waals surface area contributed by atoms with Gasteiger partial charge in [0.2, 0.25) is 5.91 Å². The topological polar surface area (TPSA) is 66.4 Å². The minimum Gasteiger partial charge on any atom is -0.478 e. The maximum absolute atomic E-state index is 12.1. The van der Waals surface area contributed by atoms with Crippen molar-refractivity contribution in [1.82, 2.24) is 5.32 Å². The van der Waals surface area contributed by atoms with E-state index in [1.54, 1.807) is 36.0 Å². The van der Waals surface area contributed by atoms with Crippen LogP contribution in [-0.2, 0) is 11.3 Å². The maximum atomic E-state index is 12.1. The molecule has 0 spiro atoms. The number of hydrogen-bond donors (Lipinski definition) is 2. The average molecular weight is 295 g/mol. The fourth-order valence-corrected chi connectivity index (χ4v) is 2.78. The maximum Gasteiger partial charge on any atom is 0.335 e. The molecule has 0 radical (unpaired) electrons. The molecular formula is C15H21NO3S. The molecule has 0 aliphatic carbocycles. The van der Waals surface area contributed by atoms with Crippen LogP contribution in [0.5, 0.6) is 0 Å². The lowest BCUT2D eigenvalue weighted by atomic mass is 10.1. The molecule has 0 fully saturated rings. The van der Waals surface area contributed by atoms with Gasteiger partial charge >= 0.3 is 5.97 Å². The van der Waals surface area contributed by atoms with Gasteiger partial charge in [0, 0.05) is 6.54 Å². The third-order valence-electron chi connectivity index (χ3n) is 2.88. The summed E-state index contributed by atoms with van der Waals surface area (Å²) in [5.41, 5.74) is 1.15. The second-order valence-electron chi connectivity index (χ2n) is 4.84. The van der Waals surface area contributed by atoms with Crippen molar-refractivity contribution in [1.29, 1.82) is 0 Å². The van der Waals surface area contributed by atoms with Crippen molar-refractivity contribution in [3.05, 3.63) is 35.4 Å². The van der Waals surface area contributed by atoms with Gasteiger partial charge in [-0.15, -0.1) is 11.8 Å². The van der Waals surface area contributed by atoms with Crippen molar-refractivity contribution in [2.75, 3.05) is 5.75 Å². The van der Waals surface area contributed by atoms with Gasteiger partial charge < -0.3 is 10.4 Å². The Morgan fingerprint density at radius 3 is 2.30 bits per heavy atom. The van der Waals surface area contributed by atoms with Gasteiger partial charge in [-0.2, -0.15) is 0 Å². The molecule has 1 atom stereocenters. The third-order valence-corrected chi connectivity index (χ3v) is 4.33. The van der Waals surface area contributed by atoms with Crippen LogP contribution in [0.2, 0.25) is 0 Å². The first kappa shape index (κ1) is 16.6. The molecule has 0 bridgehead atoms. The Balaban J connectivity index is 2.57. The van der Waals surface area contributed by atoms with Crippen molar-refractivity contribution in [3.8, 4) is 0 Å². The van der Waals surface area contributed by atoms with Crippen LogP contribution >= 0.6 is 11.8 Å². The number of amides is 1. The molecule has 1 unspecified atom stereocenters. The second kappa shape index (κ2) is 7.94. The number of aromatic carboxylic acids is 1. The zero-order valence-corrected chi connectivity index (χ0v) is 12.9. The smallest absolute Gasteiger partial charge is 0.335 e. The number of rotatable bonds is 7. The quantitative estimate of drug-likeness (QED) is 0.811. The molecule has 1 aromatic rings. The summed E-state index contributed by atoms with van der Waals surface area (Å²) in [6.45, 7) is 6.54. The first-order valence-electron chi connectivity index (χ1n) is 6.67. The highest BCUT2D eigenvalue weighted by molar-refractivity contribution is 8.00. The zero-order valence-electron chi connectivity index (χ0n) is 12.1. The van der Waals surface area contributed by atoms with E-state index in [0.717, 1.165) is 11.3 Å². The number of carboxylic acid groups (broad SMARTS) is 1. The molecular weight excluding hydrogens is 274 g/mol. The van der Waals surface area contributed by atoms with E-state index in [1.807, 2.05) is 20.8 Å². The molecule has 2 N–H and O–H groups in total. The molecule has 0 aromatic heterocycles. The van der Waals surface area contributed by atoms with Gasteiger partial charge in [-0.25, -0.2) is 4.79 Å². The number of thioether (sulfide) groups is 1. The first-order valence-corrected chi connectivity index (χ1v) is 7.72. The minimum absolute atomic E-state index is 0.0363. The third kappa shape index (κ3) is 4.89. The average Bonchev–Trinajstić information content (AvgIpc) is 2.42. The summed E-state index contributed by atoms with van der Waals surface area (Å²) < 4.78 is 0. The lowest BCUT2D eigenvalue weighted by Gasteiger charge is -2.19. The molecule has 0 aliphatic rings. The Hall–Kier alpha value is -1.49. The molecule has 0 heterocycles. The fourth-order valence-electron chi connectivity index (χ4n) is 1.81. The monoisotopic (exact) mass is 295 g/mol. The summed E-state index contributed by atoms with van der Waals surface area (Å²) in [7, 11) is 0. The van der Waals surface area contributed by atoms with Gasteiger partial charge in [-0.1, -0.05) is 32.9 Å². The number of carbonyl (C=O) groups is 2. The predicted octanol–water partition coefficient (Wildman–Crippen LogP) is 2.78. The van der Waals surface area contributed by atoms with Crippen LogP contribution in [0.4, 0.5) is 0 Å². The van der Waals surface area contributed by atoms with E-state index >= 15 is 0 Å². The summed E-state index contributed by atoms with van der Waals surface area (Å²) in [4.78, 5) is 22.8. The van der Waals surface area contributed by atoms with E-state index in [0.29, 0.717) is 6.54 Å². The van der Waals surface area contributed by atoms with Crippen molar-refractivity contribution in [2.45, 2.75) is 32.6 Å². The SMILES string of the molecule is CCSC(C(=O)NCc1ccc(C(=O)O)cc1)C(C)C. The van der Waals surface area contributed by atoms with E-state index in [4.69, 9.17) is 5.11 Å². The molecule has 1 aromatic carbocycles. The molecule has 0 saturated carbocycles. The summed E-state index contributed by atoms with van der Waals surface area (Å²) >= 11 is 1.64. The van der Waals surface area contributed by atoms with Crippen molar-refractivity contribution >= 4 is 23.6 Å². The van der Waals surface area contributed by atoms with Crippen LogP contribution < -0.4 is 5.32 Å². The van der Waals surface area contributed by atoms with Crippen LogP contribution in [0, 0.1) is 5.92 Å². The standard InChI is InChI=1S/C15H21NO3S/c1-4-20-13(10(2)3)14(17)16-9-11-5-7-12(8-6-11)15(18)19/h5-8,10,13H,4,9H2,1-3H3,(H,16,17)(H,18,19). The van der Waals surface area contributed by atoms with Crippen LogP contribution in [-0.4, -0.2) is 28.0 Å². The summed E-state index contributed by atoms with van der Waals surface area (Å²) in [6.07, 6.45) is 0. The minimum atomic E-state index is -0.945. The summed E-state index contributed by atoms with van der Waals surface area (Å²) in [5, 5.41) is 11.7. The van der Waals surface area contributed by atoms with Crippen LogP contribution in [0.1, 0.15) is 36.7 Å². The molecule has 110 valence electrons. The van der Waals surface area contributed by atoms with Gasteiger partial charge in [-0.3, -0.25) is 4.79 Å². The molecule has 0 aliphatic heterocycles. The summed E-state index contributed by atoms with van der Waals surface area (Å²) in [5.74, 6) is 0.284. The van der Waals surface area contributed by atoms with E-state index in [-0.39, 0.29) is 22.6 Å². The number of carbonyl (C=O) groups excluding carboxylic acids is 1. The Labute approximate surface area is 124 Å². The normalized spacial score (nSPS) is 12.2.